The molecule has 3 aromatic carbocycles. The first-order chi connectivity index (χ1) is 42.4. The molecule has 20 nitrogen and oxygen atoms in total. The summed E-state index contributed by atoms with van der Waals surface area (Å²) in [5.41, 5.74) is 7.35. The predicted molar refractivity (Wildman–Crippen MR) is 339 cm³/mol. The second-order valence-corrected chi connectivity index (χ2v) is 26.4. The summed E-state index contributed by atoms with van der Waals surface area (Å²) in [4.78, 5) is 89.0. The van der Waals surface area contributed by atoms with Crippen LogP contribution in [0.15, 0.2) is 72.2 Å². The van der Waals surface area contributed by atoms with Gasteiger partial charge >= 0.3 is 5.97 Å². The van der Waals surface area contributed by atoms with Crippen LogP contribution in [0.25, 0.3) is 20.7 Å². The monoisotopic (exact) mass is 1250 g/mol. The quantitative estimate of drug-likeness (QED) is 0.0313. The lowest BCUT2D eigenvalue weighted by Gasteiger charge is -2.35. The zero-order valence-electron chi connectivity index (χ0n) is 50.1. The van der Waals surface area contributed by atoms with Gasteiger partial charge in [0.15, 0.2) is 39.2 Å². The first kappa shape index (κ1) is 63.1. The summed E-state index contributed by atoms with van der Waals surface area (Å²) in [6.07, 6.45) is 3.93. The van der Waals surface area contributed by atoms with E-state index < -0.39 is 41.3 Å². The molecule has 7 aromatic rings. The molecule has 0 bridgehead atoms. The van der Waals surface area contributed by atoms with Gasteiger partial charge in [-0.3, -0.25) is 24.1 Å². The summed E-state index contributed by atoms with van der Waals surface area (Å²) in [5.74, 6) is 4.81. The van der Waals surface area contributed by atoms with Crippen molar-refractivity contribution in [3.05, 3.63) is 117 Å². The van der Waals surface area contributed by atoms with Gasteiger partial charge in [-0.25, -0.2) is 24.1 Å². The minimum atomic E-state index is -1.13. The fourth-order valence-corrected chi connectivity index (χ4v) is 13.9. The Hall–Kier alpha value is -7.95. The highest BCUT2D eigenvalue weighted by Gasteiger charge is 2.44. The average Bonchev–Trinajstić information content (AvgIpc) is 1.64. The molecule has 2 saturated heterocycles. The molecule has 0 spiro atoms. The molecule has 7 heterocycles. The van der Waals surface area contributed by atoms with Gasteiger partial charge in [-0.2, -0.15) is 0 Å². The van der Waals surface area contributed by atoms with Crippen LogP contribution >= 0.6 is 34.0 Å². The number of β-amino-alcohol motifs (C(OH)–C–C–N with tert-alkyl or cyclic N) is 1. The summed E-state index contributed by atoms with van der Waals surface area (Å²) < 4.78 is 22.1. The number of para-hydroxylation sites is 1. The Labute approximate surface area is 523 Å². The van der Waals surface area contributed by atoms with Crippen LogP contribution in [0.1, 0.15) is 115 Å². The van der Waals surface area contributed by atoms with Crippen molar-refractivity contribution in [3.8, 4) is 28.0 Å². The molecule has 5 N–H and O–H groups in total. The van der Waals surface area contributed by atoms with E-state index in [1.807, 2.05) is 98.5 Å². The number of amides is 4. The number of carboxylic acid groups (broad SMARTS) is 1. The van der Waals surface area contributed by atoms with Gasteiger partial charge < -0.3 is 45.6 Å². The number of aromatic carboxylic acids is 1. The Balaban J connectivity index is 0.612. The Morgan fingerprint density at radius 1 is 0.909 bits per heavy atom. The van der Waals surface area contributed by atoms with Crippen molar-refractivity contribution in [2.45, 2.75) is 124 Å². The summed E-state index contributed by atoms with van der Waals surface area (Å²) in [5, 5.41) is 40.3. The number of aliphatic hydroxyl groups excluding tert-OH is 1. The van der Waals surface area contributed by atoms with E-state index >= 15 is 4.39 Å². The van der Waals surface area contributed by atoms with Crippen LogP contribution in [-0.2, 0) is 38.6 Å². The molecule has 10 rings (SSSR count). The van der Waals surface area contributed by atoms with E-state index in [0.29, 0.717) is 105 Å². The fraction of sp³-hybridized carbons (Fsp3) is 0.438. The van der Waals surface area contributed by atoms with E-state index in [2.05, 4.69) is 57.8 Å². The Bertz CT molecular complexity index is 3700. The average molecular weight is 1250 g/mol. The van der Waals surface area contributed by atoms with Crippen LogP contribution in [0, 0.1) is 36.9 Å². The number of thiazole rings is 3. The SMILES string of the molecule is Cc1ncsc1-c1ccc(CNC(=O)[C@@H]2C[C@@H](O)CN2C(=O)[C@@H](NC(=O)CCCCCC(=O)N2CCN(CC#Cc3ccc(OCCCc4sc(N5CCCc6c5nnc(Nc5nc7ccccc7s5)c6C)nc4C(=O)O)c(F)c3)CC2)C(C)(C)C)cc1. The first-order valence-electron chi connectivity index (χ1n) is 29.8. The molecule has 462 valence electrons. The number of carbonyl (C=O) groups is 5. The maximum absolute atomic E-state index is 15.3. The fourth-order valence-electron chi connectivity index (χ4n) is 11.1. The maximum atomic E-state index is 15.3. The van der Waals surface area contributed by atoms with Gasteiger partial charge in [0, 0.05) is 86.6 Å². The Morgan fingerprint density at radius 3 is 2.43 bits per heavy atom. The molecule has 3 aliphatic heterocycles. The predicted octanol–water partition coefficient (Wildman–Crippen LogP) is 9.22. The molecule has 4 amide bonds. The molecule has 3 atom stereocenters. The molecular weight excluding hydrogens is 1180 g/mol. The number of rotatable bonds is 22. The number of carbonyl (C=O) groups excluding carboxylic acids is 4. The molecule has 2 fully saturated rings. The summed E-state index contributed by atoms with van der Waals surface area (Å²) >= 11 is 4.41. The number of hydrogen-bond acceptors (Lipinski definition) is 18. The molecule has 0 saturated carbocycles. The number of likely N-dealkylation sites (tertiary alicyclic amines) is 1. The lowest BCUT2D eigenvalue weighted by atomic mass is 9.85. The lowest BCUT2D eigenvalue weighted by Crippen LogP contribution is -2.57. The minimum Gasteiger partial charge on any atom is -0.491 e. The molecule has 3 aliphatic rings. The molecule has 4 aromatic heterocycles. The van der Waals surface area contributed by atoms with Gasteiger partial charge in [0.1, 0.15) is 12.1 Å². The number of benzene rings is 3. The molecule has 0 radical (unpaired) electrons. The number of aliphatic hydroxyl groups is 1. The normalized spacial score (nSPS) is 16.4. The van der Waals surface area contributed by atoms with Crippen LogP contribution in [0.4, 0.5) is 26.3 Å². The largest absolute Gasteiger partial charge is 0.491 e. The molecule has 0 unspecified atom stereocenters. The smallest absolute Gasteiger partial charge is 0.355 e. The van der Waals surface area contributed by atoms with Gasteiger partial charge in [0.05, 0.1) is 45.6 Å². The molecule has 24 heteroatoms. The van der Waals surface area contributed by atoms with Crippen molar-refractivity contribution in [1.82, 2.24) is 50.5 Å². The van der Waals surface area contributed by atoms with Crippen molar-refractivity contribution in [2.75, 3.05) is 62.6 Å². The zero-order valence-corrected chi connectivity index (χ0v) is 52.5. The standard InChI is InChI=1S/C64H73FN12O8S3/c1-39-45-15-12-28-76(58(45)73-72-57(39)71-62-68-47-16-9-10-17-50(47)87-62)63-70-54(61(83)84)51(88-63)18-13-33-85-49-26-23-41(34-46(49)65)14-11-27-74-29-31-75(32-30-74)53(80)20-8-6-7-19-52(79)69-56(64(3,4)5)60(82)77-37-44(78)35-48(77)59(81)66-36-42-21-24-43(25-22-42)55-40(2)67-38-86-55/h9-10,16-17,21-26,34,38,44,48,56,78H,6-8,12-13,15,18-20,27-33,35-37H2,1-5H3,(H,66,81)(H,69,79)(H,83,84)(H,68,71,72)/t44-,48+,56-/m1/s1. The zero-order chi connectivity index (χ0) is 62.1. The molecular formula is C64H73FN12O8S3. The number of nitrogens with one attached hydrogen (secondary N) is 3. The number of fused-ring (bicyclic) bond motifs is 2. The second kappa shape index (κ2) is 28.5. The van der Waals surface area contributed by atoms with Crippen LogP contribution in [0.2, 0.25) is 0 Å². The number of halogens is 1. The van der Waals surface area contributed by atoms with Crippen molar-refractivity contribution >= 4 is 95.7 Å². The van der Waals surface area contributed by atoms with Gasteiger partial charge in [0.25, 0.3) is 0 Å². The maximum Gasteiger partial charge on any atom is 0.355 e. The van der Waals surface area contributed by atoms with Crippen molar-refractivity contribution < 1.29 is 43.3 Å². The van der Waals surface area contributed by atoms with Gasteiger partial charge in [-0.05, 0) is 99.2 Å². The molecule has 0 aliphatic carbocycles. The topological polar surface area (TPSA) is 249 Å². The molecule has 88 heavy (non-hydrogen) atoms. The second-order valence-electron chi connectivity index (χ2n) is 23.5. The Morgan fingerprint density at radius 2 is 1.69 bits per heavy atom. The summed E-state index contributed by atoms with van der Waals surface area (Å²) in [7, 11) is 0. The summed E-state index contributed by atoms with van der Waals surface area (Å²) in [6, 6.07) is 18.6. The number of carboxylic acids is 1. The van der Waals surface area contributed by atoms with E-state index in [-0.39, 0.29) is 61.7 Å². The van der Waals surface area contributed by atoms with E-state index in [1.165, 1.54) is 22.3 Å². The van der Waals surface area contributed by atoms with Crippen LogP contribution in [-0.4, -0.2) is 150 Å². The van der Waals surface area contributed by atoms with Crippen LogP contribution in [0.3, 0.4) is 0 Å². The first-order valence-corrected chi connectivity index (χ1v) is 32.3. The highest BCUT2D eigenvalue weighted by Crippen LogP contribution is 2.40. The summed E-state index contributed by atoms with van der Waals surface area (Å²) in [6.45, 7) is 13.4. The van der Waals surface area contributed by atoms with Gasteiger partial charge in [-0.15, -0.1) is 32.9 Å². The van der Waals surface area contributed by atoms with Gasteiger partial charge in [0.2, 0.25) is 23.6 Å². The lowest BCUT2D eigenvalue weighted by molar-refractivity contribution is -0.144. The minimum absolute atomic E-state index is 0.0140. The number of unbranched alkanes of at least 4 members (excludes halogenated alkanes) is 2. The van der Waals surface area contributed by atoms with Gasteiger partial charge in [-0.1, -0.05) is 86.8 Å². The third-order valence-corrected chi connectivity index (χ3v) is 19.1. The number of piperazine rings is 1. The third-order valence-electron chi connectivity index (χ3n) is 16.0. The van der Waals surface area contributed by atoms with E-state index in [0.717, 1.165) is 61.0 Å². The van der Waals surface area contributed by atoms with Crippen molar-refractivity contribution in [3.63, 3.8) is 0 Å². The number of ether oxygens (including phenoxy) is 1. The van der Waals surface area contributed by atoms with Crippen molar-refractivity contribution in [2.24, 2.45) is 5.41 Å². The van der Waals surface area contributed by atoms with E-state index in [4.69, 9.17) is 4.74 Å². The van der Waals surface area contributed by atoms with Crippen molar-refractivity contribution in [1.29, 1.82) is 0 Å². The van der Waals surface area contributed by atoms with E-state index in [1.54, 1.807) is 34.8 Å². The number of nitrogens with zero attached hydrogens (tertiary/aromatic N) is 9. The Kier molecular flexibility index (Phi) is 20.4. The van der Waals surface area contributed by atoms with E-state index in [9.17, 15) is 34.2 Å². The number of hydrogen-bond donors (Lipinski definition) is 5. The highest BCUT2D eigenvalue weighted by molar-refractivity contribution is 7.22. The third kappa shape index (κ3) is 15.5. The highest BCUT2D eigenvalue weighted by atomic mass is 32.1. The number of anilines is 4. The number of aryl methyl sites for hydroxylation is 2. The van der Waals surface area contributed by atoms with Crippen LogP contribution in [0.5, 0.6) is 5.75 Å². The van der Waals surface area contributed by atoms with Crippen LogP contribution < -0.4 is 25.6 Å². The number of aromatic nitrogens is 5.